The molecule has 1 aromatic rings. The summed E-state index contributed by atoms with van der Waals surface area (Å²) >= 11 is 0. The molecule has 0 bridgehead atoms. The molecule has 1 fully saturated rings. The lowest BCUT2D eigenvalue weighted by molar-refractivity contribution is -0.115. The molecule has 0 amide bonds. The predicted molar refractivity (Wildman–Crippen MR) is 84.4 cm³/mol. The van der Waals surface area contributed by atoms with Gasteiger partial charge in [0, 0.05) is 39.3 Å². The van der Waals surface area contributed by atoms with Crippen LogP contribution >= 0.6 is 0 Å². The summed E-state index contributed by atoms with van der Waals surface area (Å²) in [6.07, 6.45) is 1.02. The maximum absolute atomic E-state index is 11.2. The monoisotopic (exact) mass is 290 g/mol. The third kappa shape index (κ3) is 4.92. The summed E-state index contributed by atoms with van der Waals surface area (Å²) in [6.45, 7) is 10.1. The Balaban J connectivity index is 1.81. The molecule has 0 saturated carbocycles. The first kappa shape index (κ1) is 16.1. The highest BCUT2D eigenvalue weighted by molar-refractivity contribution is 5.57. The molecule has 1 aromatic carbocycles. The van der Waals surface area contributed by atoms with E-state index in [1.54, 1.807) is 0 Å². The SMILES string of the molecule is CCOCC(C=O)N1CCN(Cc2cccc(C)c2)CC1. The summed E-state index contributed by atoms with van der Waals surface area (Å²) in [4.78, 5) is 15.9. The van der Waals surface area contributed by atoms with Crippen LogP contribution in [0.15, 0.2) is 24.3 Å². The van der Waals surface area contributed by atoms with Crippen molar-refractivity contribution in [1.82, 2.24) is 9.80 Å². The fraction of sp³-hybridized carbons (Fsp3) is 0.588. The average molecular weight is 290 g/mol. The van der Waals surface area contributed by atoms with E-state index in [1.807, 2.05) is 6.92 Å². The lowest BCUT2D eigenvalue weighted by Gasteiger charge is -2.37. The van der Waals surface area contributed by atoms with Crippen molar-refractivity contribution >= 4 is 6.29 Å². The van der Waals surface area contributed by atoms with Crippen molar-refractivity contribution in [3.05, 3.63) is 35.4 Å². The second-order valence-electron chi connectivity index (χ2n) is 5.66. The summed E-state index contributed by atoms with van der Waals surface area (Å²) in [5.41, 5.74) is 2.67. The third-order valence-electron chi connectivity index (χ3n) is 4.01. The molecule has 0 aliphatic carbocycles. The third-order valence-corrected chi connectivity index (χ3v) is 4.01. The standard InChI is InChI=1S/C17H26N2O2/c1-3-21-14-17(13-20)19-9-7-18(8-10-19)12-16-6-4-5-15(2)11-16/h4-6,11,13,17H,3,7-10,12,14H2,1-2H3. The molecule has 1 atom stereocenters. The van der Waals surface area contributed by atoms with Gasteiger partial charge in [-0.25, -0.2) is 0 Å². The van der Waals surface area contributed by atoms with Crippen molar-refractivity contribution in [2.24, 2.45) is 0 Å². The van der Waals surface area contributed by atoms with Gasteiger partial charge >= 0.3 is 0 Å². The minimum atomic E-state index is -0.0916. The first-order valence-corrected chi connectivity index (χ1v) is 7.78. The van der Waals surface area contributed by atoms with Crippen molar-refractivity contribution < 1.29 is 9.53 Å². The summed E-state index contributed by atoms with van der Waals surface area (Å²) < 4.78 is 5.39. The number of hydrogen-bond acceptors (Lipinski definition) is 4. The van der Waals surface area contributed by atoms with Gasteiger partial charge in [0.05, 0.1) is 12.6 Å². The fourth-order valence-electron chi connectivity index (χ4n) is 2.79. The molecule has 4 heteroatoms. The summed E-state index contributed by atoms with van der Waals surface area (Å²) in [7, 11) is 0. The Morgan fingerprint density at radius 3 is 2.67 bits per heavy atom. The lowest BCUT2D eigenvalue weighted by atomic mass is 10.1. The molecule has 0 radical (unpaired) electrons. The predicted octanol–water partition coefficient (Wildman–Crippen LogP) is 1.72. The van der Waals surface area contributed by atoms with Crippen molar-refractivity contribution in [3.63, 3.8) is 0 Å². The molecule has 2 rings (SSSR count). The van der Waals surface area contributed by atoms with E-state index in [-0.39, 0.29) is 6.04 Å². The van der Waals surface area contributed by atoms with Crippen molar-refractivity contribution in [1.29, 1.82) is 0 Å². The number of rotatable bonds is 7. The second kappa shape index (κ2) is 8.27. The smallest absolute Gasteiger partial charge is 0.139 e. The van der Waals surface area contributed by atoms with Gasteiger partial charge in [-0.15, -0.1) is 0 Å². The molecule has 1 saturated heterocycles. The Bertz CT molecular complexity index is 442. The molecule has 4 nitrogen and oxygen atoms in total. The molecule has 1 heterocycles. The zero-order valence-corrected chi connectivity index (χ0v) is 13.1. The number of hydrogen-bond donors (Lipinski definition) is 0. The Labute approximate surface area is 127 Å². The zero-order valence-electron chi connectivity index (χ0n) is 13.1. The number of piperazine rings is 1. The average Bonchev–Trinajstić information content (AvgIpc) is 2.49. The van der Waals surface area contributed by atoms with E-state index < -0.39 is 0 Å². The highest BCUT2D eigenvalue weighted by Crippen LogP contribution is 2.11. The number of ether oxygens (including phenoxy) is 1. The van der Waals surface area contributed by atoms with Gasteiger partial charge in [0.15, 0.2) is 0 Å². The number of nitrogens with zero attached hydrogens (tertiary/aromatic N) is 2. The highest BCUT2D eigenvalue weighted by atomic mass is 16.5. The Kier molecular flexibility index (Phi) is 6.36. The number of aldehydes is 1. The van der Waals surface area contributed by atoms with Crippen LogP contribution in [0.3, 0.4) is 0 Å². The van der Waals surface area contributed by atoms with Gasteiger partial charge in [-0.1, -0.05) is 29.8 Å². The van der Waals surface area contributed by atoms with Crippen molar-refractivity contribution in [3.8, 4) is 0 Å². The van der Waals surface area contributed by atoms with Gasteiger partial charge in [-0.05, 0) is 19.4 Å². The molecule has 116 valence electrons. The van der Waals surface area contributed by atoms with Gasteiger partial charge in [0.1, 0.15) is 6.29 Å². The van der Waals surface area contributed by atoms with Crippen molar-refractivity contribution in [2.75, 3.05) is 39.4 Å². The first-order valence-electron chi connectivity index (χ1n) is 7.78. The van der Waals surface area contributed by atoms with E-state index in [0.717, 1.165) is 39.0 Å². The van der Waals surface area contributed by atoms with Crippen molar-refractivity contribution in [2.45, 2.75) is 26.4 Å². The van der Waals surface area contributed by atoms with E-state index in [4.69, 9.17) is 4.74 Å². The zero-order chi connectivity index (χ0) is 15.1. The summed E-state index contributed by atoms with van der Waals surface area (Å²) in [6, 6.07) is 8.58. The second-order valence-corrected chi connectivity index (χ2v) is 5.66. The van der Waals surface area contributed by atoms with Gasteiger partial charge in [-0.3, -0.25) is 9.80 Å². The van der Waals surface area contributed by atoms with Gasteiger partial charge < -0.3 is 9.53 Å². The van der Waals surface area contributed by atoms with Crippen LogP contribution < -0.4 is 0 Å². The molecular weight excluding hydrogens is 264 g/mol. The van der Waals surface area contributed by atoms with Crippen LogP contribution in [0.25, 0.3) is 0 Å². The molecular formula is C17H26N2O2. The fourth-order valence-corrected chi connectivity index (χ4v) is 2.79. The topological polar surface area (TPSA) is 32.8 Å². The minimum absolute atomic E-state index is 0.0916. The van der Waals surface area contributed by atoms with Crippen LogP contribution in [0.2, 0.25) is 0 Å². The minimum Gasteiger partial charge on any atom is -0.380 e. The van der Waals surface area contributed by atoms with Gasteiger partial charge in [-0.2, -0.15) is 0 Å². The van der Waals surface area contributed by atoms with Crippen LogP contribution in [-0.2, 0) is 16.1 Å². The van der Waals surface area contributed by atoms with Crippen LogP contribution in [-0.4, -0.2) is 61.5 Å². The van der Waals surface area contributed by atoms with E-state index >= 15 is 0 Å². The molecule has 1 unspecified atom stereocenters. The highest BCUT2D eigenvalue weighted by Gasteiger charge is 2.23. The number of benzene rings is 1. The van der Waals surface area contributed by atoms with E-state index in [1.165, 1.54) is 11.1 Å². The lowest BCUT2D eigenvalue weighted by Crippen LogP contribution is -2.51. The van der Waals surface area contributed by atoms with Gasteiger partial charge in [0.25, 0.3) is 0 Å². The molecule has 0 spiro atoms. The molecule has 0 aromatic heterocycles. The Morgan fingerprint density at radius 2 is 2.05 bits per heavy atom. The van der Waals surface area contributed by atoms with Gasteiger partial charge in [0.2, 0.25) is 0 Å². The van der Waals surface area contributed by atoms with Crippen LogP contribution in [0, 0.1) is 6.92 Å². The number of carbonyl (C=O) groups excluding carboxylic acids is 1. The Hall–Kier alpha value is -1.23. The van der Waals surface area contributed by atoms with E-state index in [2.05, 4.69) is 41.0 Å². The maximum Gasteiger partial charge on any atom is 0.139 e. The van der Waals surface area contributed by atoms with Crippen LogP contribution in [0.5, 0.6) is 0 Å². The molecule has 1 aliphatic heterocycles. The van der Waals surface area contributed by atoms with E-state index in [0.29, 0.717) is 13.2 Å². The van der Waals surface area contributed by atoms with E-state index in [9.17, 15) is 4.79 Å². The van der Waals surface area contributed by atoms with Crippen LogP contribution in [0.1, 0.15) is 18.1 Å². The van der Waals surface area contributed by atoms with Crippen LogP contribution in [0.4, 0.5) is 0 Å². The first-order chi connectivity index (χ1) is 10.2. The summed E-state index contributed by atoms with van der Waals surface area (Å²) in [5.74, 6) is 0. The normalized spacial score (nSPS) is 18.6. The molecule has 0 N–H and O–H groups in total. The quantitative estimate of drug-likeness (QED) is 0.716. The molecule has 1 aliphatic rings. The number of carbonyl (C=O) groups is 1. The Morgan fingerprint density at radius 1 is 1.29 bits per heavy atom. The maximum atomic E-state index is 11.2. The largest absolute Gasteiger partial charge is 0.380 e. The summed E-state index contributed by atoms with van der Waals surface area (Å²) in [5, 5.41) is 0. The number of aryl methyl sites for hydroxylation is 1. The molecule has 21 heavy (non-hydrogen) atoms.